The Kier molecular flexibility index (Phi) is 12.8. The van der Waals surface area contributed by atoms with Crippen molar-refractivity contribution in [2.75, 3.05) is 18.6 Å². The molecule has 188 valence electrons. The Hall–Kier alpha value is -2.34. The van der Waals surface area contributed by atoms with Crippen molar-refractivity contribution in [2.45, 2.75) is 76.5 Å². The van der Waals surface area contributed by atoms with Gasteiger partial charge >= 0.3 is 5.97 Å². The Morgan fingerprint density at radius 2 is 1.67 bits per heavy atom. The lowest BCUT2D eigenvalue weighted by Crippen LogP contribution is -2.57. The van der Waals surface area contributed by atoms with Gasteiger partial charge in [-0.1, -0.05) is 13.8 Å². The number of aliphatic carboxylic acids is 1. The molecule has 11 nitrogen and oxygen atoms in total. The molecule has 12 heteroatoms. The van der Waals surface area contributed by atoms with Crippen molar-refractivity contribution in [2.24, 2.45) is 11.7 Å². The average molecular weight is 488 g/mol. The summed E-state index contributed by atoms with van der Waals surface area (Å²) in [6.45, 7) is 4.54. The second-order valence-electron chi connectivity index (χ2n) is 8.59. The lowest BCUT2D eigenvalue weighted by atomic mass is 10.0. The fourth-order valence-corrected chi connectivity index (χ4v) is 3.95. The van der Waals surface area contributed by atoms with Crippen LogP contribution in [0.25, 0.3) is 0 Å². The molecule has 0 spiro atoms. The number of primary amides is 1. The summed E-state index contributed by atoms with van der Waals surface area (Å²) >= 11 is 1.44. The molecule has 0 aliphatic carbocycles. The number of carboxylic acids is 1. The highest BCUT2D eigenvalue weighted by Crippen LogP contribution is 2.10. The molecule has 0 bridgehead atoms. The van der Waals surface area contributed by atoms with Crippen LogP contribution in [0.3, 0.4) is 0 Å². The maximum atomic E-state index is 13.0. The van der Waals surface area contributed by atoms with Crippen molar-refractivity contribution in [3.63, 3.8) is 0 Å². The highest BCUT2D eigenvalue weighted by atomic mass is 32.2. The van der Waals surface area contributed by atoms with Gasteiger partial charge in [-0.2, -0.15) is 11.8 Å². The van der Waals surface area contributed by atoms with Gasteiger partial charge in [-0.25, -0.2) is 4.79 Å². The van der Waals surface area contributed by atoms with Gasteiger partial charge in [0.25, 0.3) is 0 Å². The summed E-state index contributed by atoms with van der Waals surface area (Å²) in [5, 5.41) is 20.2. The number of rotatable bonds is 15. The standard InChI is InChI=1S/C21H37N5O6S/c1-12(2)11-16(26-18(28)13-5-4-9-23-13)20(30)24-14(6-7-17(22)27)19(29)25-15(21(31)32)8-10-33-3/h12-16,23H,4-11H2,1-3H3,(H2,22,27)(H,24,30)(H,25,29)(H,26,28)(H,31,32). The molecule has 1 saturated heterocycles. The van der Waals surface area contributed by atoms with E-state index in [0.29, 0.717) is 18.6 Å². The first-order valence-electron chi connectivity index (χ1n) is 11.2. The van der Waals surface area contributed by atoms with Gasteiger partial charge in [0.15, 0.2) is 0 Å². The molecule has 0 aromatic rings. The van der Waals surface area contributed by atoms with Crippen LogP contribution in [0.4, 0.5) is 0 Å². The second-order valence-corrected chi connectivity index (χ2v) is 9.57. The maximum Gasteiger partial charge on any atom is 0.326 e. The fraction of sp³-hybridized carbons (Fsp3) is 0.762. The zero-order valence-electron chi connectivity index (χ0n) is 19.5. The molecule has 4 unspecified atom stereocenters. The van der Waals surface area contributed by atoms with Gasteiger partial charge in [0.05, 0.1) is 6.04 Å². The summed E-state index contributed by atoms with van der Waals surface area (Å²) in [6, 6.07) is -3.54. The van der Waals surface area contributed by atoms with Crippen molar-refractivity contribution in [1.82, 2.24) is 21.3 Å². The third-order valence-electron chi connectivity index (χ3n) is 5.25. The van der Waals surface area contributed by atoms with Gasteiger partial charge in [-0.05, 0) is 56.6 Å². The lowest BCUT2D eigenvalue weighted by Gasteiger charge is -2.26. The van der Waals surface area contributed by atoms with Crippen LogP contribution in [0.2, 0.25) is 0 Å². The molecule has 0 aromatic carbocycles. The van der Waals surface area contributed by atoms with Crippen molar-refractivity contribution in [3.8, 4) is 0 Å². The van der Waals surface area contributed by atoms with Gasteiger partial charge < -0.3 is 32.1 Å². The summed E-state index contributed by atoms with van der Waals surface area (Å²) in [6.07, 6.45) is 3.66. The van der Waals surface area contributed by atoms with Crippen LogP contribution in [0, 0.1) is 5.92 Å². The van der Waals surface area contributed by atoms with E-state index in [1.165, 1.54) is 11.8 Å². The Bertz CT molecular complexity index is 699. The normalized spacial score (nSPS) is 18.2. The molecule has 0 aromatic heterocycles. The number of hydrogen-bond donors (Lipinski definition) is 6. The van der Waals surface area contributed by atoms with E-state index in [9.17, 15) is 29.1 Å². The van der Waals surface area contributed by atoms with E-state index in [1.807, 2.05) is 20.1 Å². The van der Waals surface area contributed by atoms with Crippen molar-refractivity contribution in [1.29, 1.82) is 0 Å². The second kappa shape index (κ2) is 14.7. The van der Waals surface area contributed by atoms with E-state index in [0.717, 1.165) is 13.0 Å². The minimum atomic E-state index is -1.19. The van der Waals surface area contributed by atoms with Crippen LogP contribution in [0.1, 0.15) is 52.4 Å². The zero-order chi connectivity index (χ0) is 25.0. The molecule has 4 atom stereocenters. The van der Waals surface area contributed by atoms with Gasteiger partial charge in [-0.15, -0.1) is 0 Å². The summed E-state index contributed by atoms with van der Waals surface area (Å²) < 4.78 is 0. The Morgan fingerprint density at radius 1 is 1.03 bits per heavy atom. The Balaban J connectivity index is 2.92. The number of hydrogen-bond acceptors (Lipinski definition) is 7. The van der Waals surface area contributed by atoms with Crippen molar-refractivity contribution < 1.29 is 29.1 Å². The number of carboxylic acid groups (broad SMARTS) is 1. The number of carbonyl (C=O) groups excluding carboxylic acids is 4. The number of nitrogens with one attached hydrogen (secondary N) is 4. The monoisotopic (exact) mass is 487 g/mol. The van der Waals surface area contributed by atoms with Gasteiger partial charge in [0, 0.05) is 6.42 Å². The Labute approximate surface area is 198 Å². The number of amides is 4. The topological polar surface area (TPSA) is 180 Å². The molecule has 7 N–H and O–H groups in total. The van der Waals surface area contributed by atoms with Crippen LogP contribution >= 0.6 is 11.8 Å². The largest absolute Gasteiger partial charge is 0.480 e. The Morgan fingerprint density at radius 3 is 2.18 bits per heavy atom. The lowest BCUT2D eigenvalue weighted by molar-refractivity contribution is -0.142. The minimum Gasteiger partial charge on any atom is -0.480 e. The van der Waals surface area contributed by atoms with Crippen LogP contribution in [0.15, 0.2) is 0 Å². The van der Waals surface area contributed by atoms with Crippen LogP contribution in [-0.2, 0) is 24.0 Å². The van der Waals surface area contributed by atoms with Gasteiger partial charge in [0.1, 0.15) is 18.1 Å². The van der Waals surface area contributed by atoms with Crippen molar-refractivity contribution in [3.05, 3.63) is 0 Å². The SMILES string of the molecule is CSCCC(NC(=O)C(CCC(N)=O)NC(=O)C(CC(C)C)NC(=O)C1CCCN1)C(=O)O. The molecule has 0 saturated carbocycles. The summed E-state index contributed by atoms with van der Waals surface area (Å²) in [5.41, 5.74) is 5.20. The molecule has 33 heavy (non-hydrogen) atoms. The van der Waals surface area contributed by atoms with E-state index in [1.54, 1.807) is 0 Å². The predicted molar refractivity (Wildman–Crippen MR) is 125 cm³/mol. The predicted octanol–water partition coefficient (Wildman–Crippen LogP) is -0.658. The van der Waals surface area contributed by atoms with E-state index < -0.39 is 41.8 Å². The summed E-state index contributed by atoms with van der Waals surface area (Å²) in [4.78, 5) is 61.1. The average Bonchev–Trinajstić information content (AvgIpc) is 3.27. The summed E-state index contributed by atoms with van der Waals surface area (Å²) in [5.74, 6) is -2.81. The highest BCUT2D eigenvalue weighted by molar-refractivity contribution is 7.98. The highest BCUT2D eigenvalue weighted by Gasteiger charge is 2.31. The molecule has 1 heterocycles. The number of nitrogens with two attached hydrogens (primary N) is 1. The molecular formula is C21H37N5O6S. The molecule has 1 fully saturated rings. The maximum absolute atomic E-state index is 13.0. The summed E-state index contributed by atoms with van der Waals surface area (Å²) in [7, 11) is 0. The molecule has 1 aliphatic rings. The molecule has 4 amide bonds. The molecule has 1 aliphatic heterocycles. The quantitative estimate of drug-likeness (QED) is 0.176. The van der Waals surface area contributed by atoms with Gasteiger partial charge in [0.2, 0.25) is 23.6 Å². The molecule has 0 radical (unpaired) electrons. The third-order valence-corrected chi connectivity index (χ3v) is 5.90. The van der Waals surface area contributed by atoms with Crippen LogP contribution in [0.5, 0.6) is 0 Å². The molecular weight excluding hydrogens is 450 g/mol. The molecule has 1 rings (SSSR count). The third kappa shape index (κ3) is 10.9. The first-order chi connectivity index (χ1) is 15.5. The van der Waals surface area contributed by atoms with Gasteiger partial charge in [-0.3, -0.25) is 19.2 Å². The fourth-order valence-electron chi connectivity index (χ4n) is 3.48. The van der Waals surface area contributed by atoms with E-state index in [2.05, 4.69) is 21.3 Å². The zero-order valence-corrected chi connectivity index (χ0v) is 20.3. The van der Waals surface area contributed by atoms with Crippen LogP contribution < -0.4 is 27.0 Å². The minimum absolute atomic E-state index is 0.0819. The van der Waals surface area contributed by atoms with Crippen LogP contribution in [-0.4, -0.2) is 77.4 Å². The first-order valence-corrected chi connectivity index (χ1v) is 12.6. The van der Waals surface area contributed by atoms with E-state index in [-0.39, 0.29) is 37.1 Å². The number of thioether (sulfide) groups is 1. The number of carbonyl (C=O) groups is 5. The smallest absolute Gasteiger partial charge is 0.326 e. The van der Waals surface area contributed by atoms with Crippen molar-refractivity contribution >= 4 is 41.4 Å². The van der Waals surface area contributed by atoms with E-state index >= 15 is 0 Å². The van der Waals surface area contributed by atoms with E-state index in [4.69, 9.17) is 5.73 Å². The first kappa shape index (κ1) is 28.7.